The predicted molar refractivity (Wildman–Crippen MR) is 120 cm³/mol. The highest BCUT2D eigenvalue weighted by Gasteiger charge is 2.27. The van der Waals surface area contributed by atoms with Crippen LogP contribution in [-0.2, 0) is 6.42 Å². The molecular formula is C25H27N3O. The first-order chi connectivity index (χ1) is 14.1. The minimum atomic E-state index is -0.0343. The zero-order valence-corrected chi connectivity index (χ0v) is 17.0. The maximum atomic E-state index is 12.6. The topological polar surface area (TPSA) is 35.6 Å². The second-order valence-electron chi connectivity index (χ2n) is 7.65. The molecule has 1 heterocycles. The van der Waals surface area contributed by atoms with Gasteiger partial charge in [0.2, 0.25) is 0 Å². The Hall–Kier alpha value is -3.27. The molecule has 0 fully saturated rings. The maximum Gasteiger partial charge on any atom is 0.251 e. The van der Waals surface area contributed by atoms with Crippen molar-refractivity contribution in [1.82, 2.24) is 5.32 Å². The van der Waals surface area contributed by atoms with Crippen LogP contribution in [0.5, 0.6) is 0 Å². The SMILES string of the molecule is CN(C)c1ccc([C@H](CNC(=O)c2ccccc2)N2CCc3ccccc32)cc1. The van der Waals surface area contributed by atoms with E-state index in [0.717, 1.165) is 13.0 Å². The van der Waals surface area contributed by atoms with Gasteiger partial charge in [0, 0.05) is 44.1 Å². The molecule has 4 rings (SSSR count). The molecule has 4 nitrogen and oxygen atoms in total. The molecule has 0 radical (unpaired) electrons. The molecule has 0 aromatic heterocycles. The molecule has 1 aliphatic rings. The maximum absolute atomic E-state index is 12.6. The molecule has 1 amide bonds. The number of carbonyl (C=O) groups is 1. The van der Waals surface area contributed by atoms with E-state index in [0.29, 0.717) is 12.1 Å². The molecule has 3 aromatic rings. The fraction of sp³-hybridized carbons (Fsp3) is 0.240. The van der Waals surface area contributed by atoms with E-state index in [2.05, 4.69) is 63.6 Å². The molecule has 0 spiro atoms. The lowest BCUT2D eigenvalue weighted by atomic mass is 10.0. The monoisotopic (exact) mass is 385 g/mol. The number of para-hydroxylation sites is 1. The normalized spacial score (nSPS) is 13.7. The van der Waals surface area contributed by atoms with E-state index in [1.807, 2.05) is 44.4 Å². The molecule has 0 unspecified atom stereocenters. The Labute approximate surface area is 172 Å². The summed E-state index contributed by atoms with van der Waals surface area (Å²) in [6.45, 7) is 1.52. The first kappa shape index (κ1) is 19.1. The summed E-state index contributed by atoms with van der Waals surface area (Å²) in [6, 6.07) is 26.7. The summed E-state index contributed by atoms with van der Waals surface area (Å²) in [7, 11) is 4.09. The summed E-state index contributed by atoms with van der Waals surface area (Å²) in [4.78, 5) is 17.2. The van der Waals surface area contributed by atoms with Crippen LogP contribution in [0.25, 0.3) is 0 Å². The summed E-state index contributed by atoms with van der Waals surface area (Å²) in [6.07, 6.45) is 1.04. The number of nitrogens with zero attached hydrogens (tertiary/aromatic N) is 2. The minimum absolute atomic E-state index is 0.0343. The first-order valence-corrected chi connectivity index (χ1v) is 10.1. The zero-order chi connectivity index (χ0) is 20.2. The van der Waals surface area contributed by atoms with E-state index in [1.165, 1.54) is 22.5 Å². The highest BCUT2D eigenvalue weighted by molar-refractivity contribution is 5.94. The number of hydrogen-bond acceptors (Lipinski definition) is 3. The number of amides is 1. The van der Waals surface area contributed by atoms with Crippen molar-refractivity contribution in [3.8, 4) is 0 Å². The Bertz CT molecular complexity index is 967. The lowest BCUT2D eigenvalue weighted by Gasteiger charge is -2.31. The van der Waals surface area contributed by atoms with Crippen molar-refractivity contribution in [2.45, 2.75) is 12.5 Å². The lowest BCUT2D eigenvalue weighted by Crippen LogP contribution is -2.37. The second kappa shape index (κ2) is 8.39. The van der Waals surface area contributed by atoms with Gasteiger partial charge in [0.15, 0.2) is 0 Å². The highest BCUT2D eigenvalue weighted by Crippen LogP contribution is 2.35. The van der Waals surface area contributed by atoms with Crippen molar-refractivity contribution in [3.63, 3.8) is 0 Å². The van der Waals surface area contributed by atoms with Crippen molar-refractivity contribution in [3.05, 3.63) is 95.6 Å². The van der Waals surface area contributed by atoms with Gasteiger partial charge in [0.05, 0.1) is 6.04 Å². The summed E-state index contributed by atoms with van der Waals surface area (Å²) in [5.74, 6) is -0.0343. The number of carbonyl (C=O) groups excluding carboxylic acids is 1. The number of fused-ring (bicyclic) bond motifs is 1. The fourth-order valence-corrected chi connectivity index (χ4v) is 3.97. The van der Waals surface area contributed by atoms with Crippen LogP contribution in [0.15, 0.2) is 78.9 Å². The van der Waals surface area contributed by atoms with Crippen molar-refractivity contribution < 1.29 is 4.79 Å². The molecule has 1 aliphatic heterocycles. The Morgan fingerprint density at radius 2 is 1.66 bits per heavy atom. The third kappa shape index (κ3) is 4.11. The van der Waals surface area contributed by atoms with Gasteiger partial charge in [-0.25, -0.2) is 0 Å². The van der Waals surface area contributed by atoms with Crippen LogP contribution >= 0.6 is 0 Å². The van der Waals surface area contributed by atoms with E-state index in [4.69, 9.17) is 0 Å². The Morgan fingerprint density at radius 3 is 2.38 bits per heavy atom. The minimum Gasteiger partial charge on any atom is -0.378 e. The summed E-state index contributed by atoms with van der Waals surface area (Å²) >= 11 is 0. The van der Waals surface area contributed by atoms with Gasteiger partial charge >= 0.3 is 0 Å². The van der Waals surface area contributed by atoms with Crippen molar-refractivity contribution in [2.75, 3.05) is 37.0 Å². The smallest absolute Gasteiger partial charge is 0.251 e. The van der Waals surface area contributed by atoms with Crippen LogP contribution in [0.2, 0.25) is 0 Å². The standard InChI is InChI=1S/C25H27N3O/c1-27(2)22-14-12-20(13-15-22)24(18-26-25(29)21-9-4-3-5-10-21)28-17-16-19-8-6-7-11-23(19)28/h3-15,24H,16-18H2,1-2H3,(H,26,29)/t24-/m0/s1. The van der Waals surface area contributed by atoms with E-state index >= 15 is 0 Å². The molecule has 1 atom stereocenters. The van der Waals surface area contributed by atoms with Gasteiger partial charge in [0.25, 0.3) is 5.91 Å². The molecule has 0 bridgehead atoms. The third-order valence-electron chi connectivity index (χ3n) is 5.59. The second-order valence-corrected chi connectivity index (χ2v) is 7.65. The summed E-state index contributed by atoms with van der Waals surface area (Å²) < 4.78 is 0. The molecule has 0 saturated heterocycles. The molecular weight excluding hydrogens is 358 g/mol. The molecule has 0 saturated carbocycles. The van der Waals surface area contributed by atoms with Gasteiger partial charge in [-0.05, 0) is 47.9 Å². The van der Waals surface area contributed by atoms with Gasteiger partial charge < -0.3 is 15.1 Å². The molecule has 148 valence electrons. The van der Waals surface area contributed by atoms with E-state index in [1.54, 1.807) is 0 Å². The van der Waals surface area contributed by atoms with Gasteiger partial charge in [-0.3, -0.25) is 4.79 Å². The van der Waals surface area contributed by atoms with Crippen LogP contribution in [0.1, 0.15) is 27.5 Å². The summed E-state index contributed by atoms with van der Waals surface area (Å²) in [5.41, 5.74) is 5.71. The predicted octanol–water partition coefficient (Wildman–Crippen LogP) is 4.29. The van der Waals surface area contributed by atoms with Gasteiger partial charge in [-0.1, -0.05) is 48.5 Å². The van der Waals surface area contributed by atoms with Gasteiger partial charge in [0.1, 0.15) is 0 Å². The largest absolute Gasteiger partial charge is 0.378 e. The molecule has 1 N–H and O–H groups in total. The van der Waals surface area contributed by atoms with Gasteiger partial charge in [-0.2, -0.15) is 0 Å². The first-order valence-electron chi connectivity index (χ1n) is 10.1. The quantitative estimate of drug-likeness (QED) is 0.688. The number of hydrogen-bond donors (Lipinski definition) is 1. The molecule has 29 heavy (non-hydrogen) atoms. The van der Waals surface area contributed by atoms with Crippen LogP contribution in [-0.4, -0.2) is 33.1 Å². The van der Waals surface area contributed by atoms with Crippen LogP contribution in [0, 0.1) is 0 Å². The number of anilines is 2. The Morgan fingerprint density at radius 1 is 0.966 bits per heavy atom. The molecule has 0 aliphatic carbocycles. The van der Waals surface area contributed by atoms with Crippen LogP contribution in [0.4, 0.5) is 11.4 Å². The number of rotatable bonds is 6. The van der Waals surface area contributed by atoms with Crippen molar-refractivity contribution >= 4 is 17.3 Å². The van der Waals surface area contributed by atoms with E-state index in [-0.39, 0.29) is 11.9 Å². The van der Waals surface area contributed by atoms with E-state index in [9.17, 15) is 4.79 Å². The zero-order valence-electron chi connectivity index (χ0n) is 17.0. The van der Waals surface area contributed by atoms with Gasteiger partial charge in [-0.15, -0.1) is 0 Å². The average molecular weight is 386 g/mol. The van der Waals surface area contributed by atoms with E-state index < -0.39 is 0 Å². The number of nitrogens with one attached hydrogen (secondary N) is 1. The van der Waals surface area contributed by atoms with Crippen molar-refractivity contribution in [2.24, 2.45) is 0 Å². The highest BCUT2D eigenvalue weighted by atomic mass is 16.1. The Balaban J connectivity index is 1.60. The molecule has 4 heteroatoms. The van der Waals surface area contributed by atoms with Crippen molar-refractivity contribution in [1.29, 1.82) is 0 Å². The fourth-order valence-electron chi connectivity index (χ4n) is 3.97. The van der Waals surface area contributed by atoms with Crippen LogP contribution < -0.4 is 15.1 Å². The molecule has 3 aromatic carbocycles. The Kier molecular flexibility index (Phi) is 5.52. The summed E-state index contributed by atoms with van der Waals surface area (Å²) in [5, 5.41) is 3.15. The third-order valence-corrected chi connectivity index (χ3v) is 5.59. The number of benzene rings is 3. The average Bonchev–Trinajstić information content (AvgIpc) is 3.19. The van der Waals surface area contributed by atoms with Crippen LogP contribution in [0.3, 0.4) is 0 Å². The lowest BCUT2D eigenvalue weighted by molar-refractivity contribution is 0.0951.